The molecule has 0 heterocycles. The summed E-state index contributed by atoms with van der Waals surface area (Å²) in [6.07, 6.45) is 4.16. The first kappa shape index (κ1) is 12.8. The lowest BCUT2D eigenvalue weighted by Crippen LogP contribution is -2.45. The molecule has 3 atom stereocenters. The normalized spacial score (nSPS) is 35.4. The summed E-state index contributed by atoms with van der Waals surface area (Å²) in [5.41, 5.74) is 2.08. The highest BCUT2D eigenvalue weighted by Crippen LogP contribution is 2.63. The van der Waals surface area contributed by atoms with E-state index < -0.39 is 0 Å². The van der Waals surface area contributed by atoms with Gasteiger partial charge in [-0.2, -0.15) is 0 Å². The molecule has 104 valence electrons. The van der Waals surface area contributed by atoms with Crippen LogP contribution in [0.5, 0.6) is 5.75 Å². The van der Waals surface area contributed by atoms with E-state index in [9.17, 15) is 0 Å². The smallest absolute Gasteiger partial charge is 0.119 e. The largest absolute Gasteiger partial charge is 0.497 e. The van der Waals surface area contributed by atoms with Crippen molar-refractivity contribution < 1.29 is 4.74 Å². The van der Waals surface area contributed by atoms with Crippen molar-refractivity contribution in [3.8, 4) is 5.75 Å². The Morgan fingerprint density at radius 3 is 2.37 bits per heavy atom. The van der Waals surface area contributed by atoms with Gasteiger partial charge in [-0.3, -0.25) is 0 Å². The van der Waals surface area contributed by atoms with Crippen LogP contribution >= 0.6 is 0 Å². The van der Waals surface area contributed by atoms with Gasteiger partial charge < -0.3 is 10.1 Å². The van der Waals surface area contributed by atoms with E-state index in [0.29, 0.717) is 16.9 Å². The summed E-state index contributed by atoms with van der Waals surface area (Å²) >= 11 is 0. The third-order valence-corrected chi connectivity index (χ3v) is 5.67. The SMILES string of the molecule is COc1ccc(NC2C3(C)CCC(C3)C2(C)C)cc1. The maximum Gasteiger partial charge on any atom is 0.119 e. The summed E-state index contributed by atoms with van der Waals surface area (Å²) in [5, 5.41) is 3.80. The molecule has 0 amide bonds. The number of ether oxygens (including phenoxy) is 1. The summed E-state index contributed by atoms with van der Waals surface area (Å²) < 4.78 is 5.22. The molecule has 2 nitrogen and oxygen atoms in total. The molecule has 3 unspecified atom stereocenters. The molecular weight excluding hydrogens is 234 g/mol. The van der Waals surface area contributed by atoms with Crippen molar-refractivity contribution in [1.82, 2.24) is 0 Å². The zero-order chi connectivity index (χ0) is 13.7. The van der Waals surface area contributed by atoms with Gasteiger partial charge in [-0.25, -0.2) is 0 Å². The van der Waals surface area contributed by atoms with E-state index in [1.54, 1.807) is 7.11 Å². The fraction of sp³-hybridized carbons (Fsp3) is 0.647. The molecule has 0 radical (unpaired) electrons. The third kappa shape index (κ3) is 1.92. The van der Waals surface area contributed by atoms with Gasteiger partial charge in [-0.05, 0) is 60.3 Å². The van der Waals surface area contributed by atoms with Crippen LogP contribution in [0.3, 0.4) is 0 Å². The van der Waals surface area contributed by atoms with Crippen molar-refractivity contribution in [2.75, 3.05) is 12.4 Å². The number of benzene rings is 1. The lowest BCUT2D eigenvalue weighted by molar-refractivity contribution is 0.155. The number of rotatable bonds is 3. The summed E-state index contributed by atoms with van der Waals surface area (Å²) in [6.45, 7) is 7.33. The van der Waals surface area contributed by atoms with Gasteiger partial charge >= 0.3 is 0 Å². The van der Waals surface area contributed by atoms with Gasteiger partial charge in [-0.15, -0.1) is 0 Å². The highest BCUT2D eigenvalue weighted by atomic mass is 16.5. The Hall–Kier alpha value is -1.18. The molecule has 0 aliphatic heterocycles. The van der Waals surface area contributed by atoms with Crippen LogP contribution in [0.1, 0.15) is 40.0 Å². The molecule has 3 rings (SSSR count). The summed E-state index contributed by atoms with van der Waals surface area (Å²) in [7, 11) is 1.71. The number of methoxy groups -OCH3 is 1. The molecule has 0 aromatic heterocycles. The Labute approximate surface area is 116 Å². The molecule has 2 aliphatic rings. The van der Waals surface area contributed by atoms with Crippen LogP contribution in [-0.2, 0) is 0 Å². The number of hydrogen-bond donors (Lipinski definition) is 1. The summed E-state index contributed by atoms with van der Waals surface area (Å²) in [4.78, 5) is 0. The van der Waals surface area contributed by atoms with E-state index in [0.717, 1.165) is 11.7 Å². The molecule has 0 spiro atoms. The van der Waals surface area contributed by atoms with E-state index in [1.807, 2.05) is 12.1 Å². The second-order valence-corrected chi connectivity index (χ2v) is 7.22. The lowest BCUT2D eigenvalue weighted by Gasteiger charge is -2.43. The molecule has 1 aromatic carbocycles. The van der Waals surface area contributed by atoms with Crippen molar-refractivity contribution in [3.05, 3.63) is 24.3 Å². The standard InChI is InChI=1S/C17H25NO/c1-16(2)12-9-10-17(3,11-12)15(16)18-13-5-7-14(19-4)8-6-13/h5-8,12,15,18H,9-11H2,1-4H3. The zero-order valence-corrected chi connectivity index (χ0v) is 12.5. The fourth-order valence-corrected chi connectivity index (χ4v) is 4.52. The van der Waals surface area contributed by atoms with Crippen LogP contribution in [0.25, 0.3) is 0 Å². The third-order valence-electron chi connectivity index (χ3n) is 5.67. The van der Waals surface area contributed by atoms with E-state index >= 15 is 0 Å². The average Bonchev–Trinajstić information content (AvgIpc) is 2.87. The molecule has 1 N–H and O–H groups in total. The minimum Gasteiger partial charge on any atom is -0.497 e. The number of nitrogens with one attached hydrogen (secondary N) is 1. The van der Waals surface area contributed by atoms with Crippen molar-refractivity contribution >= 4 is 5.69 Å². The first-order valence-electron chi connectivity index (χ1n) is 7.36. The number of hydrogen-bond acceptors (Lipinski definition) is 2. The predicted molar refractivity (Wildman–Crippen MR) is 79.6 cm³/mol. The monoisotopic (exact) mass is 259 g/mol. The lowest BCUT2D eigenvalue weighted by atomic mass is 9.68. The first-order valence-corrected chi connectivity index (χ1v) is 7.36. The molecular formula is C17H25NO. The number of fused-ring (bicyclic) bond motifs is 2. The van der Waals surface area contributed by atoms with Crippen molar-refractivity contribution in [2.24, 2.45) is 16.7 Å². The van der Waals surface area contributed by atoms with Crippen LogP contribution in [0.4, 0.5) is 5.69 Å². The van der Waals surface area contributed by atoms with Crippen molar-refractivity contribution in [3.63, 3.8) is 0 Å². The molecule has 0 saturated heterocycles. The van der Waals surface area contributed by atoms with Gasteiger partial charge in [0.1, 0.15) is 5.75 Å². The zero-order valence-electron chi connectivity index (χ0n) is 12.5. The van der Waals surface area contributed by atoms with Crippen LogP contribution in [-0.4, -0.2) is 13.2 Å². The van der Waals surface area contributed by atoms with Gasteiger partial charge in [0.2, 0.25) is 0 Å². The molecule has 2 bridgehead atoms. The minimum atomic E-state index is 0.396. The highest BCUT2D eigenvalue weighted by Gasteiger charge is 2.59. The van der Waals surface area contributed by atoms with E-state index in [1.165, 1.54) is 24.9 Å². The first-order chi connectivity index (χ1) is 8.95. The van der Waals surface area contributed by atoms with Crippen LogP contribution in [0.2, 0.25) is 0 Å². The maximum atomic E-state index is 5.22. The minimum absolute atomic E-state index is 0.396. The second-order valence-electron chi connectivity index (χ2n) is 7.22. The Bertz CT molecular complexity index is 460. The highest BCUT2D eigenvalue weighted by molar-refractivity contribution is 5.48. The Morgan fingerprint density at radius 1 is 1.16 bits per heavy atom. The second kappa shape index (κ2) is 4.16. The average molecular weight is 259 g/mol. The van der Waals surface area contributed by atoms with E-state index in [4.69, 9.17) is 4.74 Å². The maximum absolute atomic E-state index is 5.22. The van der Waals surface area contributed by atoms with Gasteiger partial charge in [0.25, 0.3) is 0 Å². The fourth-order valence-electron chi connectivity index (χ4n) is 4.52. The van der Waals surface area contributed by atoms with Crippen LogP contribution < -0.4 is 10.1 Å². The summed E-state index contributed by atoms with van der Waals surface area (Å²) in [5.74, 6) is 1.80. The van der Waals surface area contributed by atoms with E-state index in [2.05, 4.69) is 38.2 Å². The molecule has 2 heteroatoms. The van der Waals surface area contributed by atoms with Gasteiger partial charge in [-0.1, -0.05) is 20.8 Å². The Balaban J connectivity index is 1.82. The quantitative estimate of drug-likeness (QED) is 0.872. The van der Waals surface area contributed by atoms with Crippen molar-refractivity contribution in [1.29, 1.82) is 0 Å². The van der Waals surface area contributed by atoms with Gasteiger partial charge in [0.15, 0.2) is 0 Å². The molecule has 19 heavy (non-hydrogen) atoms. The topological polar surface area (TPSA) is 21.3 Å². The van der Waals surface area contributed by atoms with Crippen LogP contribution in [0, 0.1) is 16.7 Å². The van der Waals surface area contributed by atoms with E-state index in [-0.39, 0.29) is 0 Å². The van der Waals surface area contributed by atoms with Gasteiger partial charge in [0.05, 0.1) is 7.11 Å². The predicted octanol–water partition coefficient (Wildman–Crippen LogP) is 4.32. The molecule has 2 aliphatic carbocycles. The molecule has 2 fully saturated rings. The molecule has 1 aromatic rings. The summed E-state index contributed by atoms with van der Waals surface area (Å²) in [6, 6.07) is 8.90. The Morgan fingerprint density at radius 2 is 1.84 bits per heavy atom. The molecule has 2 saturated carbocycles. The van der Waals surface area contributed by atoms with Crippen LogP contribution in [0.15, 0.2) is 24.3 Å². The van der Waals surface area contributed by atoms with Crippen molar-refractivity contribution in [2.45, 2.75) is 46.1 Å². The van der Waals surface area contributed by atoms with Gasteiger partial charge in [0, 0.05) is 11.7 Å². The number of anilines is 1. The Kier molecular flexibility index (Phi) is 2.81.